The fourth-order valence-corrected chi connectivity index (χ4v) is 3.54. The molecule has 9 heteroatoms. The molecule has 0 atom stereocenters. The van der Waals surface area contributed by atoms with Gasteiger partial charge in [0, 0.05) is 0 Å². The molecule has 29 heavy (non-hydrogen) atoms. The van der Waals surface area contributed by atoms with Crippen LogP contribution in [0.5, 0.6) is 0 Å². The minimum absolute atomic E-state index is 0.143. The molecule has 3 heterocycles. The summed E-state index contributed by atoms with van der Waals surface area (Å²) < 4.78 is 12.0. The van der Waals surface area contributed by atoms with Crippen LogP contribution in [0.1, 0.15) is 11.5 Å². The van der Waals surface area contributed by atoms with Crippen LogP contribution >= 0.6 is 11.3 Å². The molecule has 1 aromatic carbocycles. The molecular formula is C20H18N4O4S. The second-order valence-corrected chi connectivity index (χ2v) is 7.18. The number of rotatable bonds is 7. The van der Waals surface area contributed by atoms with Gasteiger partial charge < -0.3 is 24.8 Å². The Kier molecular flexibility index (Phi) is 5.57. The van der Waals surface area contributed by atoms with Crippen molar-refractivity contribution >= 4 is 33.5 Å². The molecule has 0 aliphatic carbocycles. The Bertz CT molecular complexity index is 1080. The highest BCUT2D eigenvalue weighted by molar-refractivity contribution is 7.21. The zero-order valence-electron chi connectivity index (χ0n) is 15.3. The lowest BCUT2D eigenvalue weighted by Gasteiger charge is -2.07. The van der Waals surface area contributed by atoms with Gasteiger partial charge in [-0.15, -0.1) is 11.3 Å². The summed E-state index contributed by atoms with van der Waals surface area (Å²) in [5.41, 5.74) is 0.926. The third-order valence-corrected chi connectivity index (χ3v) is 5.09. The van der Waals surface area contributed by atoms with E-state index in [4.69, 9.17) is 8.83 Å². The van der Waals surface area contributed by atoms with Crippen LogP contribution in [-0.4, -0.2) is 23.5 Å². The molecule has 4 aromatic rings. The molecular weight excluding hydrogens is 392 g/mol. The fourth-order valence-electron chi connectivity index (χ4n) is 2.62. The Hall–Kier alpha value is -3.59. The summed E-state index contributed by atoms with van der Waals surface area (Å²) in [6.07, 6.45) is 1.53. The molecule has 3 aromatic heterocycles. The number of aromatic nitrogens is 1. The lowest BCUT2D eigenvalue weighted by Crippen LogP contribution is -2.41. The van der Waals surface area contributed by atoms with Gasteiger partial charge in [0.05, 0.1) is 36.1 Å². The zero-order chi connectivity index (χ0) is 20.1. The maximum atomic E-state index is 11.9. The number of carbonyl (C=O) groups is 2. The number of hydrogen-bond acceptors (Lipinski definition) is 6. The molecule has 0 unspecified atom stereocenters. The van der Waals surface area contributed by atoms with Gasteiger partial charge in [-0.05, 0) is 36.4 Å². The number of para-hydroxylation sites is 1. The van der Waals surface area contributed by atoms with Crippen molar-refractivity contribution in [3.8, 4) is 10.8 Å². The molecule has 0 spiro atoms. The summed E-state index contributed by atoms with van der Waals surface area (Å²) in [4.78, 5) is 28.2. The minimum Gasteiger partial charge on any atom is -0.467 e. The lowest BCUT2D eigenvalue weighted by molar-refractivity contribution is -0.120. The van der Waals surface area contributed by atoms with Crippen LogP contribution < -0.4 is 16.0 Å². The van der Waals surface area contributed by atoms with Crippen molar-refractivity contribution in [2.45, 2.75) is 13.1 Å². The highest BCUT2D eigenvalue weighted by Gasteiger charge is 2.11. The number of hydrogen-bond donors (Lipinski definition) is 3. The molecule has 0 saturated carbocycles. The topological polar surface area (TPSA) is 109 Å². The smallest absolute Gasteiger partial charge is 0.315 e. The van der Waals surface area contributed by atoms with E-state index >= 15 is 0 Å². The first-order valence-corrected chi connectivity index (χ1v) is 9.74. The van der Waals surface area contributed by atoms with Gasteiger partial charge >= 0.3 is 6.03 Å². The summed E-state index contributed by atoms with van der Waals surface area (Å²) in [5.74, 6) is 1.57. The number of nitrogens with one attached hydrogen (secondary N) is 3. The normalized spacial score (nSPS) is 10.8. The standard InChI is InChI=1S/C20H18N4O4S/c25-18(12-23-20(26)22-10-13-4-3-9-27-13)21-11-14-7-8-16(28-14)19-24-15-5-1-2-6-17(15)29-19/h1-9H,10-12H2,(H,21,25)(H2,22,23,26). The average molecular weight is 410 g/mol. The van der Waals surface area contributed by atoms with E-state index in [1.54, 1.807) is 29.5 Å². The van der Waals surface area contributed by atoms with Crippen molar-refractivity contribution in [1.82, 2.24) is 20.9 Å². The van der Waals surface area contributed by atoms with Crippen molar-refractivity contribution < 1.29 is 18.4 Å². The van der Waals surface area contributed by atoms with Crippen LogP contribution in [0.25, 0.3) is 21.0 Å². The van der Waals surface area contributed by atoms with Crippen LogP contribution in [0, 0.1) is 0 Å². The maximum absolute atomic E-state index is 11.9. The number of urea groups is 1. The van der Waals surface area contributed by atoms with Crippen molar-refractivity contribution in [3.63, 3.8) is 0 Å². The number of benzene rings is 1. The minimum atomic E-state index is -0.451. The number of furan rings is 2. The van der Waals surface area contributed by atoms with Gasteiger partial charge in [-0.2, -0.15) is 0 Å². The Morgan fingerprint density at radius 1 is 0.931 bits per heavy atom. The zero-order valence-corrected chi connectivity index (χ0v) is 16.1. The van der Waals surface area contributed by atoms with E-state index in [-0.39, 0.29) is 25.5 Å². The van der Waals surface area contributed by atoms with E-state index in [9.17, 15) is 9.59 Å². The fraction of sp³-hybridized carbons (Fsp3) is 0.150. The van der Waals surface area contributed by atoms with E-state index in [2.05, 4.69) is 20.9 Å². The van der Waals surface area contributed by atoms with Gasteiger partial charge in [-0.25, -0.2) is 9.78 Å². The molecule has 0 saturated heterocycles. The van der Waals surface area contributed by atoms with Crippen molar-refractivity contribution in [2.24, 2.45) is 0 Å². The molecule has 0 aliphatic heterocycles. The number of carbonyl (C=O) groups excluding carboxylic acids is 2. The summed E-state index contributed by atoms with van der Waals surface area (Å²) in [7, 11) is 0. The third kappa shape index (κ3) is 4.82. The first-order chi connectivity index (χ1) is 14.2. The van der Waals surface area contributed by atoms with Crippen molar-refractivity contribution in [3.05, 3.63) is 66.3 Å². The summed E-state index contributed by atoms with van der Waals surface area (Å²) in [6.45, 7) is 0.330. The highest BCUT2D eigenvalue weighted by atomic mass is 32.1. The van der Waals surface area contributed by atoms with E-state index in [0.717, 1.165) is 15.2 Å². The molecule has 0 aliphatic rings. The van der Waals surface area contributed by atoms with E-state index < -0.39 is 6.03 Å². The van der Waals surface area contributed by atoms with Crippen molar-refractivity contribution in [2.75, 3.05) is 6.54 Å². The molecule has 4 rings (SSSR count). The number of amides is 3. The third-order valence-electron chi connectivity index (χ3n) is 4.04. The van der Waals surface area contributed by atoms with Gasteiger partial charge in [0.15, 0.2) is 10.8 Å². The second kappa shape index (κ2) is 8.61. The second-order valence-electron chi connectivity index (χ2n) is 6.15. The highest BCUT2D eigenvalue weighted by Crippen LogP contribution is 2.31. The van der Waals surface area contributed by atoms with Gasteiger partial charge in [0.25, 0.3) is 0 Å². The Morgan fingerprint density at radius 2 is 1.79 bits per heavy atom. The number of fused-ring (bicyclic) bond motifs is 1. The molecule has 3 amide bonds. The molecule has 0 radical (unpaired) electrons. The molecule has 3 N–H and O–H groups in total. The summed E-state index contributed by atoms with van der Waals surface area (Å²) in [5, 5.41) is 8.58. The summed E-state index contributed by atoms with van der Waals surface area (Å²) in [6, 6.07) is 14.5. The van der Waals surface area contributed by atoms with Crippen LogP contribution in [0.2, 0.25) is 0 Å². The van der Waals surface area contributed by atoms with E-state index in [1.165, 1.54) is 6.26 Å². The van der Waals surface area contributed by atoms with Gasteiger partial charge in [-0.1, -0.05) is 12.1 Å². The number of nitrogens with zero attached hydrogens (tertiary/aromatic N) is 1. The van der Waals surface area contributed by atoms with Crippen LogP contribution in [0.15, 0.2) is 63.6 Å². The predicted octanol–water partition coefficient (Wildman–Crippen LogP) is 3.26. The molecule has 0 fully saturated rings. The van der Waals surface area contributed by atoms with Gasteiger partial charge in [-0.3, -0.25) is 4.79 Å². The largest absolute Gasteiger partial charge is 0.467 e. The number of thiazole rings is 1. The first-order valence-electron chi connectivity index (χ1n) is 8.93. The summed E-state index contributed by atoms with van der Waals surface area (Å²) >= 11 is 1.55. The average Bonchev–Trinajstić information content (AvgIpc) is 3.48. The van der Waals surface area contributed by atoms with E-state index in [1.807, 2.05) is 30.3 Å². The molecule has 8 nitrogen and oxygen atoms in total. The van der Waals surface area contributed by atoms with Crippen LogP contribution in [0.3, 0.4) is 0 Å². The predicted molar refractivity (Wildman–Crippen MR) is 108 cm³/mol. The van der Waals surface area contributed by atoms with Crippen LogP contribution in [0.4, 0.5) is 4.79 Å². The quantitative estimate of drug-likeness (QED) is 0.433. The SMILES string of the molecule is O=C(CNC(=O)NCc1ccco1)NCc1ccc(-c2nc3ccccc3s2)o1. The monoisotopic (exact) mass is 410 g/mol. The molecule has 0 bridgehead atoms. The lowest BCUT2D eigenvalue weighted by atomic mass is 10.3. The first kappa shape index (κ1) is 18.8. The van der Waals surface area contributed by atoms with Gasteiger partial charge in [0.1, 0.15) is 11.5 Å². The van der Waals surface area contributed by atoms with Crippen LogP contribution in [-0.2, 0) is 17.9 Å². The van der Waals surface area contributed by atoms with Crippen molar-refractivity contribution in [1.29, 1.82) is 0 Å². The Balaban J connectivity index is 1.23. The maximum Gasteiger partial charge on any atom is 0.315 e. The Labute approximate surface area is 169 Å². The molecule has 148 valence electrons. The van der Waals surface area contributed by atoms with Gasteiger partial charge in [0.2, 0.25) is 5.91 Å². The van der Waals surface area contributed by atoms with E-state index in [0.29, 0.717) is 17.3 Å². The Morgan fingerprint density at radius 3 is 2.62 bits per heavy atom.